The van der Waals surface area contributed by atoms with E-state index in [0.29, 0.717) is 0 Å². The second-order valence-electron chi connectivity index (χ2n) is 6.25. The Balaban J connectivity index is 1.79. The molecule has 1 heterocycles. The fourth-order valence-corrected chi connectivity index (χ4v) is 2.89. The average molecular weight is 389 g/mol. The van der Waals surface area contributed by atoms with Crippen LogP contribution in [0.4, 0.5) is 23.7 Å². The van der Waals surface area contributed by atoms with E-state index in [-0.39, 0.29) is 17.4 Å². The summed E-state index contributed by atoms with van der Waals surface area (Å²) in [7, 11) is 0. The van der Waals surface area contributed by atoms with Crippen LogP contribution >= 0.6 is 0 Å². The van der Waals surface area contributed by atoms with Crippen molar-refractivity contribution in [3.8, 4) is 5.69 Å². The smallest absolute Gasteiger partial charge is 0.331 e. The Kier molecular flexibility index (Phi) is 5.34. The number of rotatable bonds is 4. The number of anilines is 1. The fraction of sp³-hybridized carbons (Fsp3) is 0.211. The molecule has 2 N–H and O–H groups in total. The van der Waals surface area contributed by atoms with Crippen molar-refractivity contribution >= 4 is 11.7 Å². The van der Waals surface area contributed by atoms with E-state index in [4.69, 9.17) is 0 Å². The van der Waals surface area contributed by atoms with Crippen LogP contribution in [-0.4, -0.2) is 20.8 Å². The highest BCUT2D eigenvalue weighted by molar-refractivity contribution is 5.89. The topological polar surface area (TPSA) is 71.8 Å². The molecule has 3 aromatic rings. The lowest BCUT2D eigenvalue weighted by Gasteiger charge is -2.18. The van der Waals surface area contributed by atoms with Gasteiger partial charge in [0.25, 0.3) is 0 Å². The predicted octanol–water partition coefficient (Wildman–Crippen LogP) is 4.48. The van der Waals surface area contributed by atoms with E-state index >= 15 is 0 Å². The minimum atomic E-state index is -4.62. The zero-order valence-electron chi connectivity index (χ0n) is 15.2. The quantitative estimate of drug-likeness (QED) is 0.691. The first-order chi connectivity index (χ1) is 13.3. The van der Waals surface area contributed by atoms with Gasteiger partial charge in [-0.2, -0.15) is 18.3 Å². The van der Waals surface area contributed by atoms with Crippen molar-refractivity contribution in [2.45, 2.75) is 26.1 Å². The molecule has 0 aliphatic carbocycles. The second-order valence-corrected chi connectivity index (χ2v) is 6.25. The summed E-state index contributed by atoms with van der Waals surface area (Å²) in [4.78, 5) is 15.9. The van der Waals surface area contributed by atoms with Crippen LogP contribution in [0, 0.1) is 6.92 Å². The van der Waals surface area contributed by atoms with Crippen LogP contribution in [0.1, 0.15) is 29.7 Å². The van der Waals surface area contributed by atoms with Gasteiger partial charge in [-0.15, -0.1) is 0 Å². The zero-order chi connectivity index (χ0) is 20.3. The lowest BCUT2D eigenvalue weighted by Crippen LogP contribution is -2.31. The Labute approximate surface area is 159 Å². The first-order valence-corrected chi connectivity index (χ1v) is 8.45. The summed E-state index contributed by atoms with van der Waals surface area (Å²) in [6.45, 7) is 3.72. The molecule has 0 unspecified atom stereocenters. The molecular formula is C19H18F3N5O. The molecule has 2 amide bonds. The van der Waals surface area contributed by atoms with E-state index in [9.17, 15) is 18.0 Å². The van der Waals surface area contributed by atoms with Crippen molar-refractivity contribution < 1.29 is 18.0 Å². The normalized spacial score (nSPS) is 12.5. The molecule has 0 fully saturated rings. The summed E-state index contributed by atoms with van der Waals surface area (Å²) in [6, 6.07) is 10.1. The molecule has 0 aliphatic rings. The van der Waals surface area contributed by atoms with E-state index < -0.39 is 17.8 Å². The van der Waals surface area contributed by atoms with Crippen molar-refractivity contribution in [3.05, 3.63) is 71.8 Å². The molecule has 3 rings (SSSR count). The number of carbonyl (C=O) groups is 1. The molecule has 1 atom stereocenters. The number of nitrogens with zero attached hydrogens (tertiary/aromatic N) is 3. The Morgan fingerprint density at radius 3 is 2.57 bits per heavy atom. The first-order valence-electron chi connectivity index (χ1n) is 8.45. The third-order valence-corrected chi connectivity index (χ3v) is 4.23. The Hall–Kier alpha value is -3.36. The van der Waals surface area contributed by atoms with Crippen molar-refractivity contribution in [2.24, 2.45) is 0 Å². The number of carbonyl (C=O) groups excluding carboxylic acids is 1. The summed E-state index contributed by atoms with van der Waals surface area (Å²) in [5.41, 5.74) is 0.847. The number of alkyl halides is 3. The predicted molar refractivity (Wildman–Crippen MR) is 98.1 cm³/mol. The van der Waals surface area contributed by atoms with Gasteiger partial charge in [0, 0.05) is 5.69 Å². The molecule has 0 bridgehead atoms. The molecule has 0 spiro atoms. The van der Waals surface area contributed by atoms with Gasteiger partial charge in [-0.25, -0.2) is 14.5 Å². The van der Waals surface area contributed by atoms with Crippen LogP contribution < -0.4 is 10.6 Å². The van der Waals surface area contributed by atoms with Gasteiger partial charge in [-0.1, -0.05) is 24.3 Å². The van der Waals surface area contributed by atoms with Gasteiger partial charge in [0.2, 0.25) is 0 Å². The molecule has 146 valence electrons. The third kappa shape index (κ3) is 4.30. The van der Waals surface area contributed by atoms with Crippen LogP contribution in [0.2, 0.25) is 0 Å². The third-order valence-electron chi connectivity index (χ3n) is 4.23. The number of hydrogen-bond acceptors (Lipinski definition) is 3. The molecule has 0 saturated heterocycles. The minimum Gasteiger partial charge on any atom is -0.331 e. The van der Waals surface area contributed by atoms with Gasteiger partial charge < -0.3 is 10.6 Å². The first kappa shape index (κ1) is 19.4. The molecule has 28 heavy (non-hydrogen) atoms. The van der Waals surface area contributed by atoms with Gasteiger partial charge >= 0.3 is 12.2 Å². The van der Waals surface area contributed by atoms with Crippen LogP contribution in [-0.2, 0) is 6.18 Å². The van der Waals surface area contributed by atoms with E-state index in [1.165, 1.54) is 18.5 Å². The number of benzene rings is 2. The van der Waals surface area contributed by atoms with Crippen LogP contribution in [0.3, 0.4) is 0 Å². The van der Waals surface area contributed by atoms with Gasteiger partial charge in [0.05, 0.1) is 17.3 Å². The van der Waals surface area contributed by atoms with E-state index in [1.807, 2.05) is 31.2 Å². The van der Waals surface area contributed by atoms with E-state index in [2.05, 4.69) is 20.7 Å². The minimum absolute atomic E-state index is 0.0191. The lowest BCUT2D eigenvalue weighted by atomic mass is 10.0. The molecular weight excluding hydrogens is 371 g/mol. The average Bonchev–Trinajstić information content (AvgIpc) is 3.15. The van der Waals surface area contributed by atoms with Crippen molar-refractivity contribution in [1.82, 2.24) is 20.1 Å². The van der Waals surface area contributed by atoms with Gasteiger partial charge in [-0.05, 0) is 43.2 Å². The molecule has 9 heteroatoms. The maximum Gasteiger partial charge on any atom is 0.418 e. The second kappa shape index (κ2) is 7.71. The largest absolute Gasteiger partial charge is 0.418 e. The molecule has 0 saturated carbocycles. The summed E-state index contributed by atoms with van der Waals surface area (Å²) in [6.07, 6.45) is -2.30. The maximum atomic E-state index is 13.4. The fourth-order valence-electron chi connectivity index (χ4n) is 2.89. The molecule has 1 aromatic heterocycles. The highest BCUT2D eigenvalue weighted by Crippen LogP contribution is 2.35. The van der Waals surface area contributed by atoms with E-state index in [1.54, 1.807) is 6.92 Å². The standard InChI is InChI=1S/C19H18F3N5O/c1-12-5-3-4-6-15(12)13(2)25-18(28)26-14-7-8-17(27-11-23-10-24-27)16(9-14)19(20,21)22/h3-11,13H,1-2H3,(H2,25,26,28)/t13-/m1/s1. The number of aromatic nitrogens is 3. The summed E-state index contributed by atoms with van der Waals surface area (Å²) in [5, 5.41) is 8.92. The van der Waals surface area contributed by atoms with Crippen LogP contribution in [0.25, 0.3) is 5.69 Å². The number of amides is 2. The van der Waals surface area contributed by atoms with Gasteiger partial charge in [-0.3, -0.25) is 0 Å². The molecule has 0 aliphatic heterocycles. The number of aryl methyl sites for hydroxylation is 1. The highest BCUT2D eigenvalue weighted by Gasteiger charge is 2.34. The number of urea groups is 1. The number of nitrogens with one attached hydrogen (secondary N) is 2. The number of hydrogen-bond donors (Lipinski definition) is 2. The van der Waals surface area contributed by atoms with Crippen molar-refractivity contribution in [1.29, 1.82) is 0 Å². The van der Waals surface area contributed by atoms with E-state index in [0.717, 1.165) is 28.2 Å². The van der Waals surface area contributed by atoms with Crippen molar-refractivity contribution in [2.75, 3.05) is 5.32 Å². The maximum absolute atomic E-state index is 13.4. The van der Waals surface area contributed by atoms with Crippen LogP contribution in [0.15, 0.2) is 55.1 Å². The Bertz CT molecular complexity index is 970. The highest BCUT2D eigenvalue weighted by atomic mass is 19.4. The van der Waals surface area contributed by atoms with Crippen molar-refractivity contribution in [3.63, 3.8) is 0 Å². The SMILES string of the molecule is Cc1ccccc1[C@@H](C)NC(=O)Nc1ccc(-n2cncn2)c(C(F)(F)F)c1. The molecule has 0 radical (unpaired) electrons. The molecule has 2 aromatic carbocycles. The van der Waals surface area contributed by atoms with Gasteiger partial charge in [0.15, 0.2) is 0 Å². The summed E-state index contributed by atoms with van der Waals surface area (Å²) >= 11 is 0. The molecule has 6 nitrogen and oxygen atoms in total. The van der Waals surface area contributed by atoms with Crippen LogP contribution in [0.5, 0.6) is 0 Å². The summed E-state index contributed by atoms with van der Waals surface area (Å²) < 4.78 is 41.4. The Morgan fingerprint density at radius 1 is 1.18 bits per heavy atom. The lowest BCUT2D eigenvalue weighted by molar-refractivity contribution is -0.137. The summed E-state index contributed by atoms with van der Waals surface area (Å²) in [5.74, 6) is 0. The Morgan fingerprint density at radius 2 is 1.93 bits per heavy atom. The monoisotopic (exact) mass is 389 g/mol. The zero-order valence-corrected chi connectivity index (χ0v) is 15.2. The number of halogens is 3. The van der Waals surface area contributed by atoms with Gasteiger partial charge in [0.1, 0.15) is 12.7 Å².